The minimum Gasteiger partial charge on any atom is -0.489 e. The van der Waals surface area contributed by atoms with Crippen LogP contribution < -0.4 is 20.5 Å². The molecular weight excluding hydrogens is 592 g/mol. The van der Waals surface area contributed by atoms with Crippen molar-refractivity contribution >= 4 is 49.5 Å². The van der Waals surface area contributed by atoms with Crippen molar-refractivity contribution in [3.63, 3.8) is 0 Å². The molecule has 3 aromatic rings. The summed E-state index contributed by atoms with van der Waals surface area (Å²) < 4.78 is 23.2. The van der Waals surface area contributed by atoms with Crippen molar-refractivity contribution in [2.45, 2.75) is 32.7 Å². The molecule has 2 aliphatic rings. The van der Waals surface area contributed by atoms with Crippen LogP contribution in [0.5, 0.6) is 5.75 Å². The summed E-state index contributed by atoms with van der Waals surface area (Å²) in [5.41, 5.74) is 2.38. The normalized spacial score (nSPS) is 16.4. The van der Waals surface area contributed by atoms with E-state index in [9.17, 15) is 14.4 Å². The van der Waals surface area contributed by atoms with E-state index in [1.165, 1.54) is 18.2 Å². The van der Waals surface area contributed by atoms with Gasteiger partial charge in [0.1, 0.15) is 28.8 Å². The first-order valence-corrected chi connectivity index (χ1v) is 14.9. The molecule has 12 heteroatoms. The van der Waals surface area contributed by atoms with Gasteiger partial charge < -0.3 is 24.0 Å². The molecule has 2 atom stereocenters. The fourth-order valence-electron chi connectivity index (χ4n) is 6.01. The van der Waals surface area contributed by atoms with Crippen molar-refractivity contribution in [2.75, 3.05) is 38.2 Å². The maximum atomic E-state index is 15.4. The van der Waals surface area contributed by atoms with Crippen LogP contribution in [0.1, 0.15) is 41.4 Å². The van der Waals surface area contributed by atoms with E-state index in [0.717, 1.165) is 5.69 Å². The number of rotatable bonds is 5. The number of carbonyl (C=O) groups is 2. The largest absolute Gasteiger partial charge is 0.489 e. The number of anilines is 2. The van der Waals surface area contributed by atoms with E-state index in [-0.39, 0.29) is 76.4 Å². The lowest BCUT2D eigenvalue weighted by Gasteiger charge is -2.39. The molecule has 0 aliphatic carbocycles. The number of aromatic nitrogens is 2. The predicted molar refractivity (Wildman–Crippen MR) is 170 cm³/mol. The molecular formula is C31H34ClFN5O4P. The van der Waals surface area contributed by atoms with Crippen LogP contribution in [-0.2, 0) is 11.8 Å². The zero-order valence-electron chi connectivity index (χ0n) is 24.8. The third kappa shape index (κ3) is 5.21. The Morgan fingerprint density at radius 2 is 2.00 bits per heavy atom. The lowest BCUT2D eigenvalue weighted by Crippen LogP contribution is -2.57. The molecule has 2 aromatic heterocycles. The highest BCUT2D eigenvalue weighted by molar-refractivity contribution is 7.28. The minimum absolute atomic E-state index is 0.00874. The molecule has 1 aromatic carbocycles. The van der Waals surface area contributed by atoms with E-state index < -0.39 is 11.9 Å². The second-order valence-corrected chi connectivity index (χ2v) is 12.1. The molecule has 2 amide bonds. The summed E-state index contributed by atoms with van der Waals surface area (Å²) in [6.45, 7) is 10.3. The highest BCUT2D eigenvalue weighted by atomic mass is 35.5. The minimum atomic E-state index is -0.535. The molecule has 4 heterocycles. The lowest BCUT2D eigenvalue weighted by molar-refractivity contribution is -0.128. The van der Waals surface area contributed by atoms with Gasteiger partial charge in [-0.1, -0.05) is 44.2 Å². The number of pyridine rings is 2. The van der Waals surface area contributed by atoms with Gasteiger partial charge in [-0.3, -0.25) is 14.4 Å². The number of nitrogens with zero attached hydrogens (tertiary/aromatic N) is 5. The standard InChI is InChI=1S/C31H34ClFN5O4P/c1-7-21(39)37-11-12-38-18(14-37)15-42-29-24(31(38)41)30(34-26(25(29)32)23-19(33)9-8-10-20(23)43)36(6)28-17(4)13-22(40)35(5)27(28)16(2)3/h7-10,13,16,18H,1,11-12,14-15,43H2,2-6H3/t18-/m1/s1. The van der Waals surface area contributed by atoms with E-state index in [2.05, 4.69) is 15.8 Å². The molecule has 1 unspecified atom stereocenters. The molecule has 1 fully saturated rings. The van der Waals surface area contributed by atoms with Gasteiger partial charge in [-0.2, -0.15) is 0 Å². The zero-order valence-corrected chi connectivity index (χ0v) is 26.7. The van der Waals surface area contributed by atoms with Gasteiger partial charge in [0.15, 0.2) is 5.75 Å². The molecule has 43 heavy (non-hydrogen) atoms. The van der Waals surface area contributed by atoms with E-state index in [1.807, 2.05) is 20.8 Å². The maximum Gasteiger partial charge on any atom is 0.261 e. The van der Waals surface area contributed by atoms with Crippen LogP contribution in [0, 0.1) is 12.7 Å². The van der Waals surface area contributed by atoms with Crippen LogP contribution in [0.3, 0.4) is 0 Å². The number of hydrogen-bond acceptors (Lipinski definition) is 6. The summed E-state index contributed by atoms with van der Waals surface area (Å²) in [6.07, 6.45) is 1.25. The number of aryl methyl sites for hydroxylation is 1. The molecule has 2 aliphatic heterocycles. The molecule has 226 valence electrons. The second kappa shape index (κ2) is 11.7. The number of amides is 2. The van der Waals surface area contributed by atoms with Crippen LogP contribution in [0.4, 0.5) is 15.9 Å². The van der Waals surface area contributed by atoms with Gasteiger partial charge in [0.2, 0.25) is 5.91 Å². The number of fused-ring (bicyclic) bond motifs is 2. The average molecular weight is 626 g/mol. The smallest absolute Gasteiger partial charge is 0.261 e. The molecule has 0 N–H and O–H groups in total. The predicted octanol–water partition coefficient (Wildman–Crippen LogP) is 4.17. The fourth-order valence-corrected chi connectivity index (χ4v) is 6.68. The van der Waals surface area contributed by atoms with E-state index in [0.29, 0.717) is 23.1 Å². The molecule has 0 spiro atoms. The lowest BCUT2D eigenvalue weighted by atomic mass is 10.0. The second-order valence-electron chi connectivity index (χ2n) is 11.1. The molecule has 5 rings (SSSR count). The highest BCUT2D eigenvalue weighted by Gasteiger charge is 2.41. The van der Waals surface area contributed by atoms with Gasteiger partial charge in [-0.05, 0) is 35.9 Å². The van der Waals surface area contributed by atoms with Crippen LogP contribution in [0.15, 0.2) is 41.7 Å². The number of ether oxygens (including phenoxy) is 1. The Bertz CT molecular complexity index is 1710. The Morgan fingerprint density at radius 3 is 2.65 bits per heavy atom. The topological polar surface area (TPSA) is 88.0 Å². The summed E-state index contributed by atoms with van der Waals surface area (Å²) in [4.78, 5) is 49.5. The Labute approximate surface area is 257 Å². The van der Waals surface area contributed by atoms with Gasteiger partial charge in [-0.15, -0.1) is 9.24 Å². The van der Waals surface area contributed by atoms with E-state index in [4.69, 9.17) is 21.3 Å². The van der Waals surface area contributed by atoms with E-state index in [1.54, 1.807) is 45.5 Å². The summed E-state index contributed by atoms with van der Waals surface area (Å²) in [5, 5.41) is 0.537. The van der Waals surface area contributed by atoms with Crippen LogP contribution in [-0.4, -0.2) is 70.5 Å². The third-order valence-corrected chi connectivity index (χ3v) is 8.90. The quantitative estimate of drug-likeness (QED) is 0.313. The van der Waals surface area contributed by atoms with Gasteiger partial charge in [0.05, 0.1) is 17.4 Å². The summed E-state index contributed by atoms with van der Waals surface area (Å²) in [5.74, 6) is -0.879. The first-order valence-electron chi connectivity index (χ1n) is 13.9. The fraction of sp³-hybridized carbons (Fsp3) is 0.355. The summed E-state index contributed by atoms with van der Waals surface area (Å²) in [7, 11) is 5.97. The van der Waals surface area contributed by atoms with Crippen LogP contribution in [0.2, 0.25) is 5.02 Å². The van der Waals surface area contributed by atoms with Gasteiger partial charge >= 0.3 is 0 Å². The van der Waals surface area contributed by atoms with Crippen LogP contribution >= 0.6 is 20.8 Å². The average Bonchev–Trinajstić information content (AvgIpc) is 3.11. The van der Waals surface area contributed by atoms with Gasteiger partial charge in [0, 0.05) is 51.1 Å². The maximum absolute atomic E-state index is 15.4. The van der Waals surface area contributed by atoms with Crippen molar-refractivity contribution in [2.24, 2.45) is 7.05 Å². The third-order valence-electron chi connectivity index (χ3n) is 8.07. The van der Waals surface area contributed by atoms with Crippen molar-refractivity contribution in [1.82, 2.24) is 19.4 Å². The monoisotopic (exact) mass is 625 g/mol. The molecule has 9 nitrogen and oxygen atoms in total. The van der Waals surface area contributed by atoms with Crippen molar-refractivity contribution in [1.29, 1.82) is 0 Å². The van der Waals surface area contributed by atoms with Gasteiger partial charge in [-0.25, -0.2) is 9.37 Å². The summed E-state index contributed by atoms with van der Waals surface area (Å²) >= 11 is 6.95. The van der Waals surface area contributed by atoms with Gasteiger partial charge in [0.25, 0.3) is 11.5 Å². The van der Waals surface area contributed by atoms with Crippen molar-refractivity contribution in [3.05, 3.63) is 74.9 Å². The van der Waals surface area contributed by atoms with E-state index >= 15 is 4.39 Å². The number of carbonyl (C=O) groups excluding carboxylic acids is 2. The number of benzene rings is 1. The first kappa shape index (κ1) is 30.7. The zero-order chi connectivity index (χ0) is 31.3. The number of hydrogen-bond donors (Lipinski definition) is 0. The Kier molecular flexibility index (Phi) is 8.38. The van der Waals surface area contributed by atoms with Crippen molar-refractivity contribution < 1.29 is 18.7 Å². The molecule has 0 radical (unpaired) electrons. The molecule has 1 saturated heterocycles. The Morgan fingerprint density at radius 1 is 1.28 bits per heavy atom. The highest BCUT2D eigenvalue weighted by Crippen LogP contribution is 2.46. The van der Waals surface area contributed by atoms with Crippen molar-refractivity contribution in [3.8, 4) is 17.0 Å². The molecule has 0 bridgehead atoms. The number of halogens is 2. The molecule has 0 saturated carbocycles. The Hall–Kier alpha value is -3.75. The number of piperazine rings is 1. The SMILES string of the molecule is C=CC(=O)N1CCN2C(=O)c3c(N(C)c4c(C)cc(=O)n(C)c4C(C)C)nc(-c4c(F)cccc4P)c(Cl)c3OC[C@H]2C1. The first-order chi connectivity index (χ1) is 20.4. The Balaban J connectivity index is 1.78. The van der Waals surface area contributed by atoms with Crippen LogP contribution in [0.25, 0.3) is 11.3 Å². The summed E-state index contributed by atoms with van der Waals surface area (Å²) in [6, 6.07) is 5.72.